The second kappa shape index (κ2) is 8.22. The van der Waals surface area contributed by atoms with E-state index in [1.807, 2.05) is 30.3 Å². The molecule has 2 aromatic carbocycles. The monoisotopic (exact) mass is 393 g/mol. The Bertz CT molecular complexity index is 936. The third kappa shape index (κ3) is 3.58. The first-order chi connectivity index (χ1) is 14.1. The Hall–Kier alpha value is -2.91. The summed E-state index contributed by atoms with van der Waals surface area (Å²) in [5.41, 5.74) is 2.36. The van der Waals surface area contributed by atoms with E-state index in [0.29, 0.717) is 5.56 Å². The van der Waals surface area contributed by atoms with Crippen LogP contribution in [0, 0.1) is 17.1 Å². The molecule has 1 aliphatic carbocycles. The maximum atomic E-state index is 13.8. The van der Waals surface area contributed by atoms with Crippen LogP contribution in [0.25, 0.3) is 11.1 Å². The van der Waals surface area contributed by atoms with Crippen LogP contribution in [0.5, 0.6) is 0 Å². The second-order valence-corrected chi connectivity index (χ2v) is 7.79. The molecule has 6 heteroatoms. The highest BCUT2D eigenvalue weighted by molar-refractivity contribution is 5.79. The summed E-state index contributed by atoms with van der Waals surface area (Å²) in [4.78, 5) is 14.3. The van der Waals surface area contributed by atoms with E-state index in [-0.39, 0.29) is 30.4 Å². The van der Waals surface area contributed by atoms with E-state index < -0.39 is 12.1 Å². The van der Waals surface area contributed by atoms with E-state index in [4.69, 9.17) is 0 Å². The summed E-state index contributed by atoms with van der Waals surface area (Å²) in [7, 11) is 0. The second-order valence-electron chi connectivity index (χ2n) is 7.79. The number of nitriles is 1. The average molecular weight is 393 g/mol. The molecule has 150 valence electrons. The standard InChI is InChI=1S/C23H24FN3O2/c24-16-7-5-6-15(12-16)18-10-3-4-11-19(18)22-20(13-25)27(21(22)14-28)23(29)26-17-8-1-2-9-17/h3-7,10-12,17,20-22,28H,1-2,8-9,14H2,(H,26,29)/t20-,21+,22-/m1/s1. The van der Waals surface area contributed by atoms with Crippen LogP contribution in [0.15, 0.2) is 48.5 Å². The molecule has 0 unspecified atom stereocenters. The van der Waals surface area contributed by atoms with Crippen molar-refractivity contribution in [2.45, 2.75) is 49.7 Å². The van der Waals surface area contributed by atoms with Crippen LogP contribution in [-0.4, -0.2) is 40.8 Å². The highest BCUT2D eigenvalue weighted by Crippen LogP contribution is 2.44. The van der Waals surface area contributed by atoms with Crippen molar-refractivity contribution in [1.29, 1.82) is 5.26 Å². The van der Waals surface area contributed by atoms with Gasteiger partial charge in [-0.2, -0.15) is 5.26 Å². The zero-order valence-electron chi connectivity index (χ0n) is 16.1. The third-order valence-electron chi connectivity index (χ3n) is 6.10. The van der Waals surface area contributed by atoms with Gasteiger partial charge in [-0.15, -0.1) is 0 Å². The van der Waals surface area contributed by atoms with E-state index in [0.717, 1.165) is 36.8 Å². The number of rotatable bonds is 4. The van der Waals surface area contributed by atoms with Gasteiger partial charge in [0.1, 0.15) is 11.9 Å². The van der Waals surface area contributed by atoms with Gasteiger partial charge in [0, 0.05) is 12.0 Å². The van der Waals surface area contributed by atoms with Gasteiger partial charge in [0.05, 0.1) is 18.7 Å². The molecular weight excluding hydrogens is 369 g/mol. The lowest BCUT2D eigenvalue weighted by Gasteiger charge is -2.52. The molecule has 0 radical (unpaired) electrons. The number of halogens is 1. The summed E-state index contributed by atoms with van der Waals surface area (Å²) in [5, 5.41) is 22.8. The molecular formula is C23H24FN3O2. The van der Waals surface area contributed by atoms with Gasteiger partial charge in [-0.05, 0) is 41.7 Å². The molecule has 2 aliphatic rings. The quantitative estimate of drug-likeness (QED) is 0.830. The number of nitrogens with zero attached hydrogens (tertiary/aromatic N) is 2. The van der Waals surface area contributed by atoms with Crippen LogP contribution < -0.4 is 5.32 Å². The predicted octanol–water partition coefficient (Wildman–Crippen LogP) is 3.80. The zero-order valence-corrected chi connectivity index (χ0v) is 16.1. The number of carbonyl (C=O) groups is 1. The number of carbonyl (C=O) groups excluding carboxylic acids is 1. The van der Waals surface area contributed by atoms with Crippen LogP contribution in [0.4, 0.5) is 9.18 Å². The molecule has 2 fully saturated rings. The molecule has 0 bridgehead atoms. The van der Waals surface area contributed by atoms with E-state index in [1.165, 1.54) is 17.0 Å². The van der Waals surface area contributed by atoms with Gasteiger partial charge >= 0.3 is 6.03 Å². The minimum absolute atomic E-state index is 0.139. The van der Waals surface area contributed by atoms with Gasteiger partial charge in [0.2, 0.25) is 0 Å². The summed E-state index contributed by atoms with van der Waals surface area (Å²) in [6.07, 6.45) is 4.10. The lowest BCUT2D eigenvalue weighted by atomic mass is 9.73. The maximum Gasteiger partial charge on any atom is 0.319 e. The number of aliphatic hydroxyl groups excluding tert-OH is 1. The van der Waals surface area contributed by atoms with Crippen molar-refractivity contribution in [3.05, 3.63) is 59.9 Å². The molecule has 29 heavy (non-hydrogen) atoms. The molecule has 5 nitrogen and oxygen atoms in total. The molecule has 2 aromatic rings. The van der Waals surface area contributed by atoms with E-state index in [1.54, 1.807) is 6.07 Å². The Balaban J connectivity index is 1.64. The molecule has 1 saturated heterocycles. The van der Waals surface area contributed by atoms with Gasteiger partial charge in [-0.1, -0.05) is 49.2 Å². The summed E-state index contributed by atoms with van der Waals surface area (Å²) < 4.78 is 13.8. The number of urea groups is 1. The zero-order chi connectivity index (χ0) is 20.4. The Labute approximate surface area is 169 Å². The smallest absolute Gasteiger partial charge is 0.319 e. The topological polar surface area (TPSA) is 76.4 Å². The van der Waals surface area contributed by atoms with Crippen molar-refractivity contribution in [1.82, 2.24) is 10.2 Å². The molecule has 0 aromatic heterocycles. The third-order valence-corrected chi connectivity index (χ3v) is 6.10. The molecule has 2 N–H and O–H groups in total. The summed E-state index contributed by atoms with van der Waals surface area (Å²) in [5.74, 6) is -0.669. The number of aliphatic hydroxyl groups is 1. The first kappa shape index (κ1) is 19.4. The van der Waals surface area contributed by atoms with Crippen molar-refractivity contribution >= 4 is 6.03 Å². The van der Waals surface area contributed by atoms with E-state index >= 15 is 0 Å². The number of amides is 2. The molecule has 1 saturated carbocycles. The molecule has 1 aliphatic heterocycles. The van der Waals surface area contributed by atoms with Crippen molar-refractivity contribution < 1.29 is 14.3 Å². The fourth-order valence-electron chi connectivity index (χ4n) is 4.69. The fraction of sp³-hybridized carbons (Fsp3) is 0.391. The largest absolute Gasteiger partial charge is 0.394 e. The van der Waals surface area contributed by atoms with E-state index in [9.17, 15) is 19.6 Å². The van der Waals surface area contributed by atoms with Crippen LogP contribution in [0.2, 0.25) is 0 Å². The van der Waals surface area contributed by atoms with Gasteiger partial charge in [0.25, 0.3) is 0 Å². The lowest BCUT2D eigenvalue weighted by Crippen LogP contribution is -2.67. The minimum Gasteiger partial charge on any atom is -0.394 e. The number of hydrogen-bond acceptors (Lipinski definition) is 3. The first-order valence-electron chi connectivity index (χ1n) is 10.1. The Morgan fingerprint density at radius 1 is 1.21 bits per heavy atom. The van der Waals surface area contributed by atoms with Gasteiger partial charge in [-0.25, -0.2) is 9.18 Å². The Morgan fingerprint density at radius 3 is 2.66 bits per heavy atom. The van der Waals surface area contributed by atoms with Crippen molar-refractivity contribution in [2.75, 3.05) is 6.61 Å². The van der Waals surface area contributed by atoms with Crippen LogP contribution in [0.3, 0.4) is 0 Å². The highest BCUT2D eigenvalue weighted by Gasteiger charge is 2.52. The summed E-state index contributed by atoms with van der Waals surface area (Å²) in [6, 6.07) is 14.7. The molecule has 0 spiro atoms. The van der Waals surface area contributed by atoms with Gasteiger partial charge in [-0.3, -0.25) is 0 Å². The molecule has 4 rings (SSSR count). The number of hydrogen-bond donors (Lipinski definition) is 2. The van der Waals surface area contributed by atoms with Crippen LogP contribution in [-0.2, 0) is 0 Å². The van der Waals surface area contributed by atoms with Crippen LogP contribution in [0.1, 0.15) is 37.2 Å². The summed E-state index contributed by atoms with van der Waals surface area (Å²) in [6.45, 7) is -0.238. The Kier molecular flexibility index (Phi) is 5.50. The van der Waals surface area contributed by atoms with Crippen molar-refractivity contribution in [3.8, 4) is 17.2 Å². The highest BCUT2D eigenvalue weighted by atomic mass is 19.1. The fourth-order valence-corrected chi connectivity index (χ4v) is 4.69. The van der Waals surface area contributed by atoms with Crippen molar-refractivity contribution in [3.63, 3.8) is 0 Å². The van der Waals surface area contributed by atoms with Crippen molar-refractivity contribution in [2.24, 2.45) is 0 Å². The summed E-state index contributed by atoms with van der Waals surface area (Å²) >= 11 is 0. The van der Waals surface area contributed by atoms with Crippen LogP contribution >= 0.6 is 0 Å². The number of benzene rings is 2. The number of nitrogens with one attached hydrogen (secondary N) is 1. The molecule has 2 amide bonds. The van der Waals surface area contributed by atoms with Gasteiger partial charge < -0.3 is 15.3 Å². The minimum atomic E-state index is -0.678. The normalized spacial score (nSPS) is 24.0. The Morgan fingerprint density at radius 2 is 1.97 bits per heavy atom. The maximum absolute atomic E-state index is 13.8. The SMILES string of the molecule is N#C[C@@H]1[C@@H](c2ccccc2-c2cccc(F)c2)[C@H](CO)N1C(=O)NC1CCCC1. The number of likely N-dealkylation sites (tertiary alicyclic amines) is 1. The molecule has 3 atom stereocenters. The lowest BCUT2D eigenvalue weighted by molar-refractivity contribution is 0.0160. The van der Waals surface area contributed by atoms with E-state index in [2.05, 4.69) is 11.4 Å². The average Bonchev–Trinajstić information content (AvgIpc) is 3.21. The molecule has 1 heterocycles. The predicted molar refractivity (Wildman–Crippen MR) is 107 cm³/mol. The first-order valence-corrected chi connectivity index (χ1v) is 10.1. The van der Waals surface area contributed by atoms with Gasteiger partial charge in [0.15, 0.2) is 0 Å².